The van der Waals surface area contributed by atoms with Gasteiger partial charge in [-0.1, -0.05) is 67.5 Å². The fourth-order valence-corrected chi connectivity index (χ4v) is 6.09. The molecule has 0 radical (unpaired) electrons. The molecule has 4 rings (SSSR count). The molecule has 0 bridgehead atoms. The van der Waals surface area contributed by atoms with Crippen molar-refractivity contribution in [3.8, 4) is 0 Å². The lowest BCUT2D eigenvalue weighted by atomic mass is 9.63. The summed E-state index contributed by atoms with van der Waals surface area (Å²) < 4.78 is 0. The fraction of sp³-hybridized carbons (Fsp3) is 0.613. The largest absolute Gasteiger partial charge is 0.363 e. The first-order chi connectivity index (χ1) is 15.0. The molecular formula is C31H46N2. The van der Waals surface area contributed by atoms with Gasteiger partial charge in [0.2, 0.25) is 0 Å². The van der Waals surface area contributed by atoms with Gasteiger partial charge in [-0.3, -0.25) is 0 Å². The van der Waals surface area contributed by atoms with Gasteiger partial charge in [0.05, 0.1) is 0 Å². The molecular weight excluding hydrogens is 400 g/mol. The van der Waals surface area contributed by atoms with Gasteiger partial charge in [0.1, 0.15) is 5.66 Å². The number of rotatable bonds is 4. The van der Waals surface area contributed by atoms with Crippen molar-refractivity contribution >= 4 is 11.4 Å². The first-order valence-electron chi connectivity index (χ1n) is 12.9. The summed E-state index contributed by atoms with van der Waals surface area (Å²) in [6.45, 7) is 23.6. The van der Waals surface area contributed by atoms with E-state index in [9.17, 15) is 0 Å². The Morgan fingerprint density at radius 1 is 0.515 bits per heavy atom. The van der Waals surface area contributed by atoms with E-state index < -0.39 is 0 Å². The summed E-state index contributed by atoms with van der Waals surface area (Å²) in [7, 11) is 0. The fourth-order valence-electron chi connectivity index (χ4n) is 6.09. The molecule has 2 aromatic rings. The van der Waals surface area contributed by atoms with Crippen LogP contribution in [0.3, 0.4) is 0 Å². The molecule has 0 unspecified atom stereocenters. The van der Waals surface area contributed by atoms with Crippen LogP contribution >= 0.6 is 0 Å². The third-order valence-electron chi connectivity index (χ3n) is 8.62. The standard InChI is InChI=1S/C31H46N2/c1-27(2)15-17-29(5,6)25-19-21(11-13-23(25)27)32-31(9,10)33-22-12-14-24-26(20-22)30(7,8)18-16-28(24,3)4/h11-14,19-20,32-33H,15-18H2,1-10H3. The van der Waals surface area contributed by atoms with E-state index >= 15 is 0 Å². The van der Waals surface area contributed by atoms with Gasteiger partial charge in [-0.15, -0.1) is 0 Å². The lowest BCUT2D eigenvalue weighted by Crippen LogP contribution is -2.40. The second-order valence-electron chi connectivity index (χ2n) is 13.9. The Bertz CT molecular complexity index is 969. The molecule has 0 heterocycles. The Hall–Kier alpha value is -1.96. The van der Waals surface area contributed by atoms with Crippen molar-refractivity contribution in [2.75, 3.05) is 10.6 Å². The zero-order chi connectivity index (χ0) is 24.4. The summed E-state index contributed by atoms with van der Waals surface area (Å²) in [5.41, 5.74) is 9.06. The highest BCUT2D eigenvalue weighted by Gasteiger charge is 2.38. The second kappa shape index (κ2) is 7.52. The van der Waals surface area contributed by atoms with Crippen LogP contribution < -0.4 is 10.6 Å². The molecule has 2 aliphatic carbocycles. The highest BCUT2D eigenvalue weighted by Crippen LogP contribution is 2.48. The van der Waals surface area contributed by atoms with Crippen molar-refractivity contribution in [2.24, 2.45) is 0 Å². The van der Waals surface area contributed by atoms with E-state index in [2.05, 4.69) is 116 Å². The summed E-state index contributed by atoms with van der Waals surface area (Å²) in [6, 6.07) is 14.1. The highest BCUT2D eigenvalue weighted by molar-refractivity contribution is 5.59. The van der Waals surface area contributed by atoms with Crippen LogP contribution in [0.25, 0.3) is 0 Å². The van der Waals surface area contributed by atoms with Crippen LogP contribution in [-0.4, -0.2) is 5.66 Å². The van der Waals surface area contributed by atoms with Crippen molar-refractivity contribution in [3.63, 3.8) is 0 Å². The predicted molar refractivity (Wildman–Crippen MR) is 145 cm³/mol. The summed E-state index contributed by atoms with van der Waals surface area (Å²) in [6.07, 6.45) is 4.97. The zero-order valence-electron chi connectivity index (χ0n) is 22.8. The number of hydrogen-bond acceptors (Lipinski definition) is 2. The average Bonchev–Trinajstić information content (AvgIpc) is 2.68. The van der Waals surface area contributed by atoms with Crippen molar-refractivity contribution in [1.29, 1.82) is 0 Å². The Labute approximate surface area is 203 Å². The third kappa shape index (κ3) is 4.55. The van der Waals surface area contributed by atoms with Gasteiger partial charge in [0.25, 0.3) is 0 Å². The quantitative estimate of drug-likeness (QED) is 0.459. The zero-order valence-corrected chi connectivity index (χ0v) is 22.8. The van der Waals surface area contributed by atoms with Crippen LogP contribution in [0, 0.1) is 0 Å². The summed E-state index contributed by atoms with van der Waals surface area (Å²) >= 11 is 0. The smallest absolute Gasteiger partial charge is 0.102 e. The molecule has 2 nitrogen and oxygen atoms in total. The minimum Gasteiger partial charge on any atom is -0.363 e. The Balaban J connectivity index is 1.60. The molecule has 0 aromatic heterocycles. The molecule has 33 heavy (non-hydrogen) atoms. The van der Waals surface area contributed by atoms with Gasteiger partial charge < -0.3 is 10.6 Å². The molecule has 2 heteroatoms. The van der Waals surface area contributed by atoms with Crippen molar-refractivity contribution < 1.29 is 0 Å². The van der Waals surface area contributed by atoms with Crippen molar-refractivity contribution in [1.82, 2.24) is 0 Å². The average molecular weight is 447 g/mol. The molecule has 0 saturated heterocycles. The molecule has 2 N–H and O–H groups in total. The van der Waals surface area contributed by atoms with Gasteiger partial charge in [-0.2, -0.15) is 0 Å². The van der Waals surface area contributed by atoms with Crippen LogP contribution in [0.5, 0.6) is 0 Å². The maximum absolute atomic E-state index is 3.79. The maximum Gasteiger partial charge on any atom is 0.102 e. The number of anilines is 2. The van der Waals surface area contributed by atoms with Crippen LogP contribution in [0.1, 0.15) is 117 Å². The Morgan fingerprint density at radius 2 is 0.818 bits per heavy atom. The first-order valence-corrected chi connectivity index (χ1v) is 12.9. The number of benzene rings is 2. The Kier molecular flexibility index (Phi) is 5.51. The molecule has 180 valence electrons. The summed E-state index contributed by atoms with van der Waals surface area (Å²) in [4.78, 5) is 0. The van der Waals surface area contributed by atoms with Gasteiger partial charge >= 0.3 is 0 Å². The number of hydrogen-bond donors (Lipinski definition) is 2. The van der Waals surface area contributed by atoms with Crippen LogP contribution in [0.15, 0.2) is 36.4 Å². The second-order valence-corrected chi connectivity index (χ2v) is 13.9. The first kappa shape index (κ1) is 24.2. The SMILES string of the molecule is CC(C)(Nc1ccc2c(c1)C(C)(C)CCC2(C)C)Nc1ccc2c(c1)C(C)(C)CCC2(C)C. The van der Waals surface area contributed by atoms with Gasteiger partial charge in [-0.25, -0.2) is 0 Å². The van der Waals surface area contributed by atoms with Crippen LogP contribution in [0.4, 0.5) is 11.4 Å². The number of nitrogens with one attached hydrogen (secondary N) is 2. The molecule has 0 amide bonds. The monoisotopic (exact) mass is 446 g/mol. The summed E-state index contributed by atoms with van der Waals surface area (Å²) in [5.74, 6) is 0. The Morgan fingerprint density at radius 3 is 1.15 bits per heavy atom. The van der Waals surface area contributed by atoms with Crippen LogP contribution in [0.2, 0.25) is 0 Å². The molecule has 0 fully saturated rings. The minimum absolute atomic E-state index is 0.219. The topological polar surface area (TPSA) is 24.1 Å². The molecule has 2 aliphatic rings. The van der Waals surface area contributed by atoms with E-state index in [0.717, 1.165) is 0 Å². The van der Waals surface area contributed by atoms with E-state index in [1.165, 1.54) is 59.3 Å². The van der Waals surface area contributed by atoms with Gasteiger partial charge in [0.15, 0.2) is 0 Å². The van der Waals surface area contributed by atoms with E-state index in [1.807, 2.05) is 0 Å². The van der Waals surface area contributed by atoms with Crippen molar-refractivity contribution in [3.05, 3.63) is 58.7 Å². The minimum atomic E-state index is -0.273. The molecule has 2 aromatic carbocycles. The van der Waals surface area contributed by atoms with Gasteiger partial charge in [0, 0.05) is 11.4 Å². The third-order valence-corrected chi connectivity index (χ3v) is 8.62. The van der Waals surface area contributed by atoms with Crippen molar-refractivity contribution in [2.45, 2.75) is 122 Å². The van der Waals surface area contributed by atoms with E-state index in [4.69, 9.17) is 0 Å². The summed E-state index contributed by atoms with van der Waals surface area (Å²) in [5, 5.41) is 7.58. The maximum atomic E-state index is 3.79. The molecule has 0 atom stereocenters. The van der Waals surface area contributed by atoms with Gasteiger partial charge in [-0.05, 0) is 108 Å². The normalized spacial score (nSPS) is 22.1. The van der Waals surface area contributed by atoms with E-state index in [-0.39, 0.29) is 27.3 Å². The van der Waals surface area contributed by atoms with E-state index in [0.29, 0.717) is 0 Å². The molecule has 0 spiro atoms. The predicted octanol–water partition coefficient (Wildman–Crippen LogP) is 8.64. The number of fused-ring (bicyclic) bond motifs is 2. The van der Waals surface area contributed by atoms with Crippen LogP contribution in [-0.2, 0) is 21.7 Å². The lowest BCUT2D eigenvalue weighted by molar-refractivity contribution is 0.332. The lowest BCUT2D eigenvalue weighted by Gasteiger charge is -2.43. The highest BCUT2D eigenvalue weighted by atomic mass is 15.2. The van der Waals surface area contributed by atoms with E-state index in [1.54, 1.807) is 0 Å². The molecule has 0 aliphatic heterocycles. The molecule has 0 saturated carbocycles.